The molecule has 2 saturated carbocycles. The highest BCUT2D eigenvalue weighted by Gasteiger charge is 2.33. The van der Waals surface area contributed by atoms with Gasteiger partial charge in [-0.25, -0.2) is 0 Å². The lowest BCUT2D eigenvalue weighted by atomic mass is 9.95. The summed E-state index contributed by atoms with van der Waals surface area (Å²) in [5, 5.41) is 0. The highest BCUT2D eigenvalue weighted by Crippen LogP contribution is 2.32. The predicted octanol–water partition coefficient (Wildman–Crippen LogP) is 5.15. The second-order valence-electron chi connectivity index (χ2n) is 7.85. The Morgan fingerprint density at radius 3 is 2.68 bits per heavy atom. The maximum atomic E-state index is 12.8. The normalized spacial score (nSPS) is 19.0. The molecule has 0 aliphatic heterocycles. The number of amides is 1. The van der Waals surface area contributed by atoms with Crippen molar-refractivity contribution in [2.45, 2.75) is 76.7 Å². The van der Waals surface area contributed by atoms with Crippen LogP contribution in [0.2, 0.25) is 0 Å². The molecule has 0 bridgehead atoms. The minimum absolute atomic E-state index is 0.0485. The smallest absolute Gasteiger partial charge is 0.230 e. The van der Waals surface area contributed by atoms with Gasteiger partial charge in [0.25, 0.3) is 0 Å². The van der Waals surface area contributed by atoms with Gasteiger partial charge in [-0.3, -0.25) is 4.79 Å². The van der Waals surface area contributed by atoms with Crippen molar-refractivity contribution in [1.82, 2.24) is 4.90 Å². The van der Waals surface area contributed by atoms with Crippen LogP contribution in [0.1, 0.15) is 76.2 Å². The number of hydrogen-bond donors (Lipinski definition) is 0. The van der Waals surface area contributed by atoms with Gasteiger partial charge in [0.15, 0.2) is 0 Å². The van der Waals surface area contributed by atoms with Gasteiger partial charge in [0, 0.05) is 13.1 Å². The van der Waals surface area contributed by atoms with Crippen LogP contribution in [-0.2, 0) is 4.79 Å². The van der Waals surface area contributed by atoms with Gasteiger partial charge in [-0.15, -0.1) is 0 Å². The standard InChI is InChI=1S/C22H33NO2/c1-3-21(22(24)23(2)19-13-14-19)18-11-6-12-20(16-18)25-15-7-10-17-8-4-5-9-17/h6,11-12,16-17,19,21H,3-5,7-10,13-15H2,1-2H3. The molecule has 3 rings (SSSR count). The number of ether oxygens (including phenoxy) is 1. The molecule has 1 aromatic rings. The Balaban J connectivity index is 1.52. The van der Waals surface area contributed by atoms with Gasteiger partial charge in [-0.05, 0) is 55.7 Å². The summed E-state index contributed by atoms with van der Waals surface area (Å²) < 4.78 is 5.98. The van der Waals surface area contributed by atoms with Crippen LogP contribution in [0.25, 0.3) is 0 Å². The van der Waals surface area contributed by atoms with Crippen LogP contribution in [0.4, 0.5) is 0 Å². The second kappa shape index (κ2) is 8.73. The quantitative estimate of drug-likeness (QED) is 0.580. The molecule has 2 fully saturated rings. The monoisotopic (exact) mass is 343 g/mol. The fourth-order valence-electron chi connectivity index (χ4n) is 4.12. The zero-order valence-electron chi connectivity index (χ0n) is 15.9. The fraction of sp³-hybridized carbons (Fsp3) is 0.682. The molecule has 1 atom stereocenters. The molecule has 138 valence electrons. The number of nitrogens with zero attached hydrogens (tertiary/aromatic N) is 1. The summed E-state index contributed by atoms with van der Waals surface area (Å²) in [7, 11) is 1.95. The Bertz CT molecular complexity index is 561. The Hall–Kier alpha value is -1.51. The van der Waals surface area contributed by atoms with Gasteiger partial charge in [0.1, 0.15) is 5.75 Å². The zero-order valence-corrected chi connectivity index (χ0v) is 15.9. The molecule has 0 spiro atoms. The van der Waals surface area contributed by atoms with Crippen molar-refractivity contribution < 1.29 is 9.53 Å². The van der Waals surface area contributed by atoms with E-state index in [2.05, 4.69) is 19.1 Å². The van der Waals surface area contributed by atoms with E-state index in [-0.39, 0.29) is 11.8 Å². The van der Waals surface area contributed by atoms with E-state index < -0.39 is 0 Å². The van der Waals surface area contributed by atoms with Crippen molar-refractivity contribution in [3.8, 4) is 5.75 Å². The van der Waals surface area contributed by atoms with E-state index in [4.69, 9.17) is 4.74 Å². The van der Waals surface area contributed by atoms with Gasteiger partial charge in [0.2, 0.25) is 5.91 Å². The maximum absolute atomic E-state index is 12.8. The van der Waals surface area contributed by atoms with Gasteiger partial charge < -0.3 is 9.64 Å². The third kappa shape index (κ3) is 4.99. The van der Waals surface area contributed by atoms with Gasteiger partial charge in [-0.2, -0.15) is 0 Å². The minimum Gasteiger partial charge on any atom is -0.494 e. The average Bonchev–Trinajstić information content (AvgIpc) is 3.35. The van der Waals surface area contributed by atoms with Gasteiger partial charge in [0.05, 0.1) is 12.5 Å². The van der Waals surface area contributed by atoms with E-state index in [0.29, 0.717) is 6.04 Å². The molecule has 2 aliphatic rings. The summed E-state index contributed by atoms with van der Waals surface area (Å²) in [4.78, 5) is 14.7. The Labute approximate surface area is 152 Å². The summed E-state index contributed by atoms with van der Waals surface area (Å²) in [5.74, 6) is 2.04. The number of rotatable bonds is 9. The van der Waals surface area contributed by atoms with Crippen LogP contribution in [0.15, 0.2) is 24.3 Å². The Morgan fingerprint density at radius 1 is 1.24 bits per heavy atom. The summed E-state index contributed by atoms with van der Waals surface area (Å²) >= 11 is 0. The first-order chi connectivity index (χ1) is 12.2. The fourth-order valence-corrected chi connectivity index (χ4v) is 4.12. The summed E-state index contributed by atoms with van der Waals surface area (Å²) in [6, 6.07) is 8.65. The maximum Gasteiger partial charge on any atom is 0.230 e. The van der Waals surface area contributed by atoms with Crippen LogP contribution in [0.3, 0.4) is 0 Å². The van der Waals surface area contributed by atoms with Crippen molar-refractivity contribution in [2.75, 3.05) is 13.7 Å². The SMILES string of the molecule is CCC(C(=O)N(C)C1CC1)c1cccc(OCCCC2CCCC2)c1. The highest BCUT2D eigenvalue weighted by molar-refractivity contribution is 5.84. The summed E-state index contributed by atoms with van der Waals surface area (Å²) in [6.07, 6.45) is 11.2. The van der Waals surface area contributed by atoms with Crippen LogP contribution >= 0.6 is 0 Å². The predicted molar refractivity (Wildman–Crippen MR) is 102 cm³/mol. The lowest BCUT2D eigenvalue weighted by Gasteiger charge is -2.23. The third-order valence-corrected chi connectivity index (χ3v) is 5.91. The molecule has 0 N–H and O–H groups in total. The van der Waals surface area contributed by atoms with Crippen molar-refractivity contribution in [1.29, 1.82) is 0 Å². The second-order valence-corrected chi connectivity index (χ2v) is 7.85. The summed E-state index contributed by atoms with van der Waals surface area (Å²) in [6.45, 7) is 2.88. The molecule has 2 aliphatic carbocycles. The van der Waals surface area contributed by atoms with E-state index >= 15 is 0 Å². The molecular weight excluding hydrogens is 310 g/mol. The first-order valence-electron chi connectivity index (χ1n) is 10.2. The highest BCUT2D eigenvalue weighted by atomic mass is 16.5. The van der Waals surface area contributed by atoms with E-state index in [9.17, 15) is 4.79 Å². The van der Waals surface area contributed by atoms with Gasteiger partial charge >= 0.3 is 0 Å². The lowest BCUT2D eigenvalue weighted by molar-refractivity contribution is -0.132. The molecule has 1 unspecified atom stereocenters. The Kier molecular flexibility index (Phi) is 6.39. The van der Waals surface area contributed by atoms with E-state index in [0.717, 1.165) is 49.5 Å². The third-order valence-electron chi connectivity index (χ3n) is 5.91. The van der Waals surface area contributed by atoms with Crippen LogP contribution in [-0.4, -0.2) is 30.5 Å². The average molecular weight is 344 g/mol. The molecule has 0 radical (unpaired) electrons. The number of carbonyl (C=O) groups excluding carboxylic acids is 1. The Morgan fingerprint density at radius 2 is 2.00 bits per heavy atom. The number of likely N-dealkylation sites (N-methyl/N-ethyl adjacent to an activating group) is 1. The number of hydrogen-bond acceptors (Lipinski definition) is 2. The first-order valence-corrected chi connectivity index (χ1v) is 10.2. The minimum atomic E-state index is -0.0485. The largest absolute Gasteiger partial charge is 0.494 e. The molecule has 3 heteroatoms. The number of carbonyl (C=O) groups is 1. The molecule has 1 amide bonds. The first kappa shape index (κ1) is 18.3. The molecular formula is C22H33NO2. The van der Waals surface area contributed by atoms with Crippen LogP contribution in [0.5, 0.6) is 5.75 Å². The zero-order chi connectivity index (χ0) is 17.6. The van der Waals surface area contributed by atoms with Crippen LogP contribution in [0, 0.1) is 5.92 Å². The lowest BCUT2D eigenvalue weighted by Crippen LogP contribution is -2.33. The topological polar surface area (TPSA) is 29.5 Å². The molecule has 0 saturated heterocycles. The van der Waals surface area contributed by atoms with E-state index in [1.54, 1.807) is 0 Å². The summed E-state index contributed by atoms with van der Waals surface area (Å²) in [5.41, 5.74) is 1.09. The van der Waals surface area contributed by atoms with E-state index in [1.807, 2.05) is 24.1 Å². The van der Waals surface area contributed by atoms with Gasteiger partial charge in [-0.1, -0.05) is 44.7 Å². The molecule has 1 aromatic carbocycles. The van der Waals surface area contributed by atoms with E-state index in [1.165, 1.54) is 32.1 Å². The van der Waals surface area contributed by atoms with Crippen molar-refractivity contribution in [3.05, 3.63) is 29.8 Å². The molecule has 25 heavy (non-hydrogen) atoms. The van der Waals surface area contributed by atoms with Crippen molar-refractivity contribution in [3.63, 3.8) is 0 Å². The van der Waals surface area contributed by atoms with Crippen molar-refractivity contribution >= 4 is 5.91 Å². The molecule has 0 heterocycles. The number of benzene rings is 1. The molecule has 3 nitrogen and oxygen atoms in total. The molecule has 0 aromatic heterocycles. The van der Waals surface area contributed by atoms with Crippen LogP contribution < -0.4 is 4.74 Å². The van der Waals surface area contributed by atoms with Crippen molar-refractivity contribution in [2.24, 2.45) is 5.92 Å².